The van der Waals surface area contributed by atoms with Crippen LogP contribution in [0.5, 0.6) is 0 Å². The molecule has 0 aromatic carbocycles. The molecule has 0 bridgehead atoms. The zero-order chi connectivity index (χ0) is 13.2. The third-order valence-electron chi connectivity index (χ3n) is 3.07. The Bertz CT molecular complexity index is 494. The summed E-state index contributed by atoms with van der Waals surface area (Å²) in [6, 6.07) is 3.41. The first kappa shape index (κ1) is 14.5. The molecule has 4 nitrogen and oxygen atoms in total. The summed E-state index contributed by atoms with van der Waals surface area (Å²) in [5, 5.41) is 0. The van der Waals surface area contributed by atoms with Gasteiger partial charge in [0.1, 0.15) is 4.21 Å². The molecule has 7 heteroatoms. The van der Waals surface area contributed by atoms with Gasteiger partial charge in [-0.2, -0.15) is 4.31 Å². The van der Waals surface area contributed by atoms with Crippen molar-refractivity contribution in [3.8, 4) is 0 Å². The van der Waals surface area contributed by atoms with E-state index in [9.17, 15) is 8.42 Å². The number of ether oxygens (including phenoxy) is 1. The maximum Gasteiger partial charge on any atom is 0.252 e. The average molecular weight is 354 g/mol. The van der Waals surface area contributed by atoms with Gasteiger partial charge in [-0.15, -0.1) is 11.3 Å². The highest BCUT2D eigenvalue weighted by molar-refractivity contribution is 9.11. The monoisotopic (exact) mass is 353 g/mol. The second kappa shape index (κ2) is 6.00. The summed E-state index contributed by atoms with van der Waals surface area (Å²) in [6.45, 7) is 2.05. The summed E-state index contributed by atoms with van der Waals surface area (Å²) in [4.78, 5) is 0. The maximum atomic E-state index is 12.3. The smallest absolute Gasteiger partial charge is 0.252 e. The van der Waals surface area contributed by atoms with Crippen LogP contribution in [0, 0.1) is 5.92 Å². The highest BCUT2D eigenvalue weighted by atomic mass is 79.9. The van der Waals surface area contributed by atoms with Gasteiger partial charge in [0.15, 0.2) is 0 Å². The molecule has 1 saturated heterocycles. The minimum Gasteiger partial charge on any atom is -0.381 e. The molecule has 0 unspecified atom stereocenters. The quantitative estimate of drug-likeness (QED) is 0.835. The van der Waals surface area contributed by atoms with Crippen LogP contribution in [0.2, 0.25) is 0 Å². The molecule has 18 heavy (non-hydrogen) atoms. The van der Waals surface area contributed by atoms with E-state index >= 15 is 0 Å². The van der Waals surface area contributed by atoms with Crippen molar-refractivity contribution < 1.29 is 13.2 Å². The van der Waals surface area contributed by atoms with E-state index in [1.54, 1.807) is 19.2 Å². The fourth-order valence-electron chi connectivity index (χ4n) is 1.98. The topological polar surface area (TPSA) is 46.6 Å². The van der Waals surface area contributed by atoms with E-state index in [0.717, 1.165) is 29.8 Å². The van der Waals surface area contributed by atoms with Gasteiger partial charge in [-0.3, -0.25) is 0 Å². The van der Waals surface area contributed by atoms with Gasteiger partial charge in [0.25, 0.3) is 10.0 Å². The van der Waals surface area contributed by atoms with E-state index in [4.69, 9.17) is 4.74 Å². The molecule has 0 saturated carbocycles. The molecule has 1 aromatic rings. The number of thiophene rings is 1. The number of sulfonamides is 1. The van der Waals surface area contributed by atoms with E-state index in [0.29, 0.717) is 16.7 Å². The molecule has 102 valence electrons. The standard InChI is InChI=1S/C11H16BrNO3S2/c1-13(8-9-4-6-16-7-5-9)18(14,15)11-3-2-10(12)17-11/h2-3,9H,4-8H2,1H3. The van der Waals surface area contributed by atoms with Crippen LogP contribution in [0.25, 0.3) is 0 Å². The Hall–Kier alpha value is 0.0500. The summed E-state index contributed by atoms with van der Waals surface area (Å²) in [7, 11) is -1.69. The van der Waals surface area contributed by atoms with Crippen molar-refractivity contribution in [2.24, 2.45) is 5.92 Å². The first-order valence-corrected chi connectivity index (χ1v) is 8.84. The van der Waals surface area contributed by atoms with Gasteiger partial charge in [-0.05, 0) is 46.8 Å². The van der Waals surface area contributed by atoms with Gasteiger partial charge in [0, 0.05) is 26.8 Å². The largest absolute Gasteiger partial charge is 0.381 e. The molecule has 0 radical (unpaired) electrons. The minimum atomic E-state index is -3.34. The molecule has 1 aromatic heterocycles. The molecular weight excluding hydrogens is 338 g/mol. The Labute approximate surface area is 120 Å². The van der Waals surface area contributed by atoms with Crippen molar-refractivity contribution in [3.05, 3.63) is 15.9 Å². The predicted octanol–water partition coefficient (Wildman–Crippen LogP) is 2.56. The summed E-state index contributed by atoms with van der Waals surface area (Å²) in [5.74, 6) is 0.405. The lowest BCUT2D eigenvalue weighted by Crippen LogP contribution is -2.33. The summed E-state index contributed by atoms with van der Waals surface area (Å²) in [6.07, 6.45) is 1.88. The number of rotatable bonds is 4. The van der Waals surface area contributed by atoms with Crippen molar-refractivity contribution in [2.75, 3.05) is 26.8 Å². The maximum absolute atomic E-state index is 12.3. The molecule has 1 aliphatic heterocycles. The van der Waals surface area contributed by atoms with E-state index in [2.05, 4.69) is 15.9 Å². The van der Waals surface area contributed by atoms with Crippen LogP contribution in [0.15, 0.2) is 20.1 Å². The molecule has 2 rings (SSSR count). The molecule has 2 heterocycles. The molecule has 0 atom stereocenters. The minimum absolute atomic E-state index is 0.393. The van der Waals surface area contributed by atoms with E-state index in [1.165, 1.54) is 15.6 Å². The Morgan fingerprint density at radius 1 is 1.44 bits per heavy atom. The fourth-order valence-corrected chi connectivity index (χ4v) is 5.45. The lowest BCUT2D eigenvalue weighted by atomic mass is 10.0. The van der Waals surface area contributed by atoms with Crippen LogP contribution in [-0.4, -0.2) is 39.5 Å². The number of hydrogen-bond acceptors (Lipinski definition) is 4. The van der Waals surface area contributed by atoms with Gasteiger partial charge >= 0.3 is 0 Å². The van der Waals surface area contributed by atoms with Crippen LogP contribution in [0.3, 0.4) is 0 Å². The number of halogens is 1. The Kier molecular flexibility index (Phi) is 4.82. The van der Waals surface area contributed by atoms with Crippen molar-refractivity contribution >= 4 is 37.3 Å². The van der Waals surface area contributed by atoms with Gasteiger partial charge in [-0.25, -0.2) is 8.42 Å². The Morgan fingerprint density at radius 2 is 2.11 bits per heavy atom. The van der Waals surface area contributed by atoms with Gasteiger partial charge in [-0.1, -0.05) is 0 Å². The third kappa shape index (κ3) is 3.33. The lowest BCUT2D eigenvalue weighted by Gasteiger charge is -2.26. The highest BCUT2D eigenvalue weighted by Crippen LogP contribution is 2.29. The predicted molar refractivity (Wildman–Crippen MR) is 75.4 cm³/mol. The van der Waals surface area contributed by atoms with Gasteiger partial charge in [0.2, 0.25) is 0 Å². The van der Waals surface area contributed by atoms with Crippen LogP contribution in [0.4, 0.5) is 0 Å². The fraction of sp³-hybridized carbons (Fsp3) is 0.636. The van der Waals surface area contributed by atoms with Crippen LogP contribution < -0.4 is 0 Å². The first-order chi connectivity index (χ1) is 8.50. The zero-order valence-electron chi connectivity index (χ0n) is 10.1. The second-order valence-corrected chi connectivity index (χ2v) is 9.13. The van der Waals surface area contributed by atoms with Crippen molar-refractivity contribution in [1.82, 2.24) is 4.31 Å². The van der Waals surface area contributed by atoms with E-state index < -0.39 is 10.0 Å². The molecular formula is C11H16BrNO3S2. The average Bonchev–Trinajstić information content (AvgIpc) is 2.78. The Balaban J connectivity index is 2.05. The van der Waals surface area contributed by atoms with Gasteiger partial charge < -0.3 is 4.74 Å². The molecule has 0 spiro atoms. The van der Waals surface area contributed by atoms with Crippen molar-refractivity contribution in [3.63, 3.8) is 0 Å². The van der Waals surface area contributed by atoms with Crippen LogP contribution in [-0.2, 0) is 14.8 Å². The third-order valence-corrected chi connectivity index (χ3v) is 6.98. The zero-order valence-corrected chi connectivity index (χ0v) is 13.4. The molecule has 1 fully saturated rings. The number of nitrogens with zero attached hydrogens (tertiary/aromatic N) is 1. The lowest BCUT2D eigenvalue weighted by molar-refractivity contribution is 0.0620. The van der Waals surface area contributed by atoms with Crippen LogP contribution >= 0.6 is 27.3 Å². The van der Waals surface area contributed by atoms with Crippen LogP contribution in [0.1, 0.15) is 12.8 Å². The molecule has 0 aliphatic carbocycles. The van der Waals surface area contributed by atoms with E-state index in [-0.39, 0.29) is 0 Å². The number of hydrogen-bond donors (Lipinski definition) is 0. The van der Waals surface area contributed by atoms with E-state index in [1.807, 2.05) is 0 Å². The summed E-state index contributed by atoms with van der Waals surface area (Å²) >= 11 is 4.54. The molecule has 1 aliphatic rings. The molecule has 0 amide bonds. The summed E-state index contributed by atoms with van der Waals surface area (Å²) < 4.78 is 32.6. The first-order valence-electron chi connectivity index (χ1n) is 5.79. The van der Waals surface area contributed by atoms with Crippen molar-refractivity contribution in [1.29, 1.82) is 0 Å². The normalized spacial score (nSPS) is 18.4. The van der Waals surface area contributed by atoms with Crippen molar-refractivity contribution in [2.45, 2.75) is 17.1 Å². The summed E-state index contributed by atoms with van der Waals surface area (Å²) in [5.41, 5.74) is 0. The SMILES string of the molecule is CN(CC1CCOCC1)S(=O)(=O)c1ccc(Br)s1. The second-order valence-electron chi connectivity index (χ2n) is 4.40. The Morgan fingerprint density at radius 3 is 2.67 bits per heavy atom. The highest BCUT2D eigenvalue weighted by Gasteiger charge is 2.26. The molecule has 0 N–H and O–H groups in total. The van der Waals surface area contributed by atoms with Gasteiger partial charge in [0.05, 0.1) is 3.79 Å².